The molecule has 1 aromatic rings. The van der Waals surface area contributed by atoms with Crippen LogP contribution in [-0.2, 0) is 9.16 Å². The monoisotopic (exact) mass is 538 g/mol. The highest BCUT2D eigenvalue weighted by molar-refractivity contribution is 6.74. The molecule has 0 aromatic carbocycles. The van der Waals surface area contributed by atoms with Gasteiger partial charge in [-0.05, 0) is 61.4 Å². The van der Waals surface area contributed by atoms with Crippen LogP contribution in [0.1, 0.15) is 72.1 Å². The van der Waals surface area contributed by atoms with Gasteiger partial charge in [-0.1, -0.05) is 46.5 Å². The van der Waals surface area contributed by atoms with Crippen molar-refractivity contribution in [2.45, 2.75) is 109 Å². The number of aliphatic hydroxyl groups excluding tert-OH is 1. The van der Waals surface area contributed by atoms with Crippen LogP contribution in [0.15, 0.2) is 15.8 Å². The molecular weight excluding hydrogens is 492 g/mol. The van der Waals surface area contributed by atoms with E-state index in [2.05, 4.69) is 64.5 Å². The molecule has 1 aliphatic rings. The lowest BCUT2D eigenvalue weighted by Gasteiger charge is -2.39. The van der Waals surface area contributed by atoms with E-state index in [0.29, 0.717) is 25.9 Å². The lowest BCUT2D eigenvalue weighted by Crippen LogP contribution is -2.44. The Balaban J connectivity index is 2.37. The molecule has 36 heavy (non-hydrogen) atoms. The molecule has 0 saturated carbocycles. The van der Waals surface area contributed by atoms with Crippen molar-refractivity contribution in [1.29, 1.82) is 0 Å². The highest BCUT2D eigenvalue weighted by atomic mass is 28.4. The molecular formula is C26H46N2O6Si2. The minimum absolute atomic E-state index is 0.0318. The second-order valence-electron chi connectivity index (χ2n) is 12.7. The highest BCUT2D eigenvalue weighted by Gasteiger charge is 2.46. The number of aromatic amines is 1. The second kappa shape index (κ2) is 11.5. The SMILES string of the molecule is CC(C)(CC1C[C@H](n2cc(C#CCCCO)c(=O)[nH]c2=O)OC1CO[Si](C)(C)C(C)(C)C)[Si](C)(C)O. The zero-order valence-electron chi connectivity index (χ0n) is 23.5. The number of unbranched alkanes of at least 4 members (excludes halogenated alkanes) is 1. The van der Waals surface area contributed by atoms with Crippen molar-refractivity contribution in [3.63, 3.8) is 0 Å². The third kappa shape index (κ3) is 7.52. The van der Waals surface area contributed by atoms with E-state index in [4.69, 9.17) is 14.3 Å². The van der Waals surface area contributed by atoms with Gasteiger partial charge < -0.3 is 19.1 Å². The average Bonchev–Trinajstić information content (AvgIpc) is 3.11. The van der Waals surface area contributed by atoms with Gasteiger partial charge in [0.1, 0.15) is 11.8 Å². The first-order valence-corrected chi connectivity index (χ1v) is 18.7. The predicted octanol–water partition coefficient (Wildman–Crippen LogP) is 3.95. The molecule has 1 fully saturated rings. The van der Waals surface area contributed by atoms with Gasteiger partial charge in [0.2, 0.25) is 0 Å². The van der Waals surface area contributed by atoms with Crippen LogP contribution in [0.25, 0.3) is 0 Å². The summed E-state index contributed by atoms with van der Waals surface area (Å²) in [5.74, 6) is 5.76. The summed E-state index contributed by atoms with van der Waals surface area (Å²) in [4.78, 5) is 38.3. The predicted molar refractivity (Wildman–Crippen MR) is 148 cm³/mol. The van der Waals surface area contributed by atoms with Crippen molar-refractivity contribution in [1.82, 2.24) is 9.55 Å². The number of rotatable bonds is 9. The minimum Gasteiger partial charge on any atom is -0.432 e. The zero-order valence-corrected chi connectivity index (χ0v) is 25.5. The van der Waals surface area contributed by atoms with Gasteiger partial charge in [0.15, 0.2) is 16.6 Å². The van der Waals surface area contributed by atoms with Crippen LogP contribution < -0.4 is 11.2 Å². The summed E-state index contributed by atoms with van der Waals surface area (Å²) in [6, 6.07) is 0. The van der Waals surface area contributed by atoms with Crippen LogP contribution in [0.4, 0.5) is 0 Å². The van der Waals surface area contributed by atoms with E-state index < -0.39 is 34.1 Å². The number of aromatic nitrogens is 2. The van der Waals surface area contributed by atoms with Crippen molar-refractivity contribution < 1.29 is 19.1 Å². The number of hydrogen-bond acceptors (Lipinski definition) is 6. The van der Waals surface area contributed by atoms with E-state index in [1.807, 2.05) is 13.1 Å². The molecule has 0 radical (unpaired) electrons. The molecule has 204 valence electrons. The Morgan fingerprint density at radius 2 is 1.83 bits per heavy atom. The van der Waals surface area contributed by atoms with Crippen molar-refractivity contribution >= 4 is 16.6 Å². The standard InChI is InChI=1S/C26H46N2O6Si2/c1-25(2,3)36(8,9)33-18-21-20(16-26(4,5)35(6,7)32)15-22(34-21)28-17-19(13-11-10-12-14-29)23(30)27-24(28)31/h17,20-22,29,32H,10,12,14-16,18H2,1-9H3,(H,27,30,31)/t20?,21?,22-/m1/s1. The lowest BCUT2D eigenvalue weighted by molar-refractivity contribution is -0.0314. The Hall–Kier alpha value is -1.49. The normalized spacial score (nSPS) is 21.4. The maximum atomic E-state index is 12.8. The van der Waals surface area contributed by atoms with Gasteiger partial charge in [0.25, 0.3) is 5.56 Å². The lowest BCUT2D eigenvalue weighted by atomic mass is 9.90. The van der Waals surface area contributed by atoms with Gasteiger partial charge in [-0.15, -0.1) is 0 Å². The van der Waals surface area contributed by atoms with E-state index in [-0.39, 0.29) is 34.3 Å². The Morgan fingerprint density at radius 3 is 2.39 bits per heavy atom. The fourth-order valence-electron chi connectivity index (χ4n) is 3.87. The molecule has 2 unspecified atom stereocenters. The van der Waals surface area contributed by atoms with Crippen LogP contribution in [0.5, 0.6) is 0 Å². The maximum absolute atomic E-state index is 12.8. The van der Waals surface area contributed by atoms with E-state index in [9.17, 15) is 14.4 Å². The fraction of sp³-hybridized carbons (Fsp3) is 0.769. The van der Waals surface area contributed by atoms with Crippen LogP contribution in [0.3, 0.4) is 0 Å². The summed E-state index contributed by atoms with van der Waals surface area (Å²) in [7, 11) is -4.48. The van der Waals surface area contributed by atoms with Crippen molar-refractivity contribution in [2.75, 3.05) is 13.2 Å². The molecule has 2 heterocycles. The smallest absolute Gasteiger partial charge is 0.330 e. The fourth-order valence-corrected chi connectivity index (χ4v) is 5.65. The molecule has 8 nitrogen and oxygen atoms in total. The van der Waals surface area contributed by atoms with Crippen molar-refractivity contribution in [3.8, 4) is 11.8 Å². The van der Waals surface area contributed by atoms with E-state index >= 15 is 0 Å². The average molecular weight is 539 g/mol. The topological polar surface area (TPSA) is 114 Å². The van der Waals surface area contributed by atoms with Gasteiger partial charge in [0.05, 0.1) is 12.7 Å². The Labute approximate surface area is 217 Å². The summed E-state index contributed by atoms with van der Waals surface area (Å²) in [6.07, 6.45) is 2.97. The maximum Gasteiger partial charge on any atom is 0.330 e. The van der Waals surface area contributed by atoms with Crippen LogP contribution in [-0.4, -0.2) is 55.4 Å². The summed E-state index contributed by atoms with van der Waals surface area (Å²) < 4.78 is 14.4. The molecule has 0 amide bonds. The quantitative estimate of drug-likeness (QED) is 0.249. The van der Waals surface area contributed by atoms with Gasteiger partial charge in [0, 0.05) is 19.2 Å². The summed E-state index contributed by atoms with van der Waals surface area (Å²) >= 11 is 0. The van der Waals surface area contributed by atoms with Gasteiger partial charge in [-0.2, -0.15) is 0 Å². The highest BCUT2D eigenvalue weighted by Crippen LogP contribution is 2.47. The molecule has 1 aromatic heterocycles. The molecule has 1 aliphatic heterocycles. The molecule has 10 heteroatoms. The summed E-state index contributed by atoms with van der Waals surface area (Å²) in [5.41, 5.74) is -0.876. The Bertz CT molecular complexity index is 1070. The molecule has 3 N–H and O–H groups in total. The number of nitrogens with one attached hydrogen (secondary N) is 1. The second-order valence-corrected chi connectivity index (χ2v) is 22.0. The largest absolute Gasteiger partial charge is 0.432 e. The van der Waals surface area contributed by atoms with Gasteiger partial charge >= 0.3 is 5.69 Å². The first-order valence-electron chi connectivity index (χ1n) is 12.9. The number of nitrogens with zero attached hydrogens (tertiary/aromatic N) is 1. The Kier molecular flexibility index (Phi) is 9.82. The molecule has 0 spiro atoms. The summed E-state index contributed by atoms with van der Waals surface area (Å²) in [5, 5.41) is 8.74. The first-order chi connectivity index (χ1) is 16.4. The third-order valence-corrected chi connectivity index (χ3v) is 16.2. The van der Waals surface area contributed by atoms with E-state index in [1.54, 1.807) is 0 Å². The number of hydrogen-bond donors (Lipinski definition) is 3. The van der Waals surface area contributed by atoms with Crippen LogP contribution >= 0.6 is 0 Å². The molecule has 0 aliphatic carbocycles. The first kappa shape index (κ1) is 30.7. The van der Waals surface area contributed by atoms with E-state index in [1.165, 1.54) is 10.8 Å². The van der Waals surface area contributed by atoms with Crippen molar-refractivity contribution in [2.24, 2.45) is 5.92 Å². The molecule has 2 rings (SSSR count). The number of aliphatic hydroxyl groups is 1. The molecule has 0 bridgehead atoms. The van der Waals surface area contributed by atoms with Gasteiger partial charge in [-0.25, -0.2) is 4.79 Å². The number of ether oxygens (including phenoxy) is 1. The zero-order chi connectivity index (χ0) is 27.5. The summed E-state index contributed by atoms with van der Waals surface area (Å²) in [6.45, 7) is 19.6. The Morgan fingerprint density at radius 1 is 1.19 bits per heavy atom. The third-order valence-electron chi connectivity index (χ3n) is 8.17. The molecule has 3 atom stereocenters. The number of H-pyrrole nitrogens is 1. The molecule has 1 saturated heterocycles. The van der Waals surface area contributed by atoms with Crippen molar-refractivity contribution in [3.05, 3.63) is 32.6 Å². The van der Waals surface area contributed by atoms with Crippen LogP contribution in [0, 0.1) is 17.8 Å². The van der Waals surface area contributed by atoms with E-state index in [0.717, 1.165) is 6.42 Å². The minimum atomic E-state index is -2.46. The van der Waals surface area contributed by atoms with Gasteiger partial charge in [-0.3, -0.25) is 14.3 Å². The van der Waals surface area contributed by atoms with Crippen LogP contribution in [0.2, 0.25) is 36.3 Å².